The highest BCUT2D eigenvalue weighted by molar-refractivity contribution is 5.91. The Morgan fingerprint density at radius 3 is 2.18 bits per heavy atom. The highest BCUT2D eigenvalue weighted by Crippen LogP contribution is 2.41. The fraction of sp³-hybridized carbons (Fsp3) is 0.545. The highest BCUT2D eigenvalue weighted by atomic mass is 16.5. The van der Waals surface area contributed by atoms with E-state index in [1.54, 1.807) is 14.2 Å². The first kappa shape index (κ1) is 26.9. The molecule has 1 aromatic heterocycles. The zero-order valence-electron chi connectivity index (χ0n) is 19.7. The average molecular weight is 480 g/mol. The quantitative estimate of drug-likeness (QED) is 0.459. The number of likely N-dealkylation sites (N-methyl/N-ethyl adjacent to an activating group) is 1. The predicted molar refractivity (Wildman–Crippen MR) is 126 cm³/mol. The second-order valence-electron chi connectivity index (χ2n) is 8.39. The number of fused-ring (bicyclic) bond motifs is 1. The molecule has 3 heterocycles. The maximum atomic E-state index is 10.2. The minimum absolute atomic E-state index is 0.182. The Bertz CT molecular complexity index is 948. The van der Waals surface area contributed by atoms with Crippen LogP contribution in [0.25, 0.3) is 10.9 Å². The van der Waals surface area contributed by atoms with E-state index < -0.39 is 0 Å². The van der Waals surface area contributed by atoms with Crippen molar-refractivity contribution >= 4 is 35.6 Å². The van der Waals surface area contributed by atoms with Crippen molar-refractivity contribution in [2.45, 2.75) is 25.4 Å². The Morgan fingerprint density at radius 2 is 1.65 bits per heavy atom. The van der Waals surface area contributed by atoms with Crippen LogP contribution in [0.1, 0.15) is 19.3 Å². The summed E-state index contributed by atoms with van der Waals surface area (Å²) in [6, 6.07) is 3.66. The number of carboxylic acid groups (broad SMARTS) is 2. The molecule has 2 aromatic rings. The van der Waals surface area contributed by atoms with Gasteiger partial charge in [0.05, 0.1) is 25.8 Å². The number of methoxy groups -OCH3 is 2. The fourth-order valence-electron chi connectivity index (χ4n) is 4.78. The summed E-state index contributed by atoms with van der Waals surface area (Å²) in [5, 5.41) is 24.7. The number of likely N-dealkylation sites (tertiary alicyclic amines) is 1. The third-order valence-electron chi connectivity index (χ3n) is 6.12. The van der Waals surface area contributed by atoms with E-state index in [1.807, 2.05) is 12.1 Å². The molecule has 0 aliphatic carbocycles. The van der Waals surface area contributed by atoms with Crippen LogP contribution in [0.4, 0.5) is 11.8 Å². The number of nitrogens with two attached hydrogens (primary N) is 1. The van der Waals surface area contributed by atoms with Crippen molar-refractivity contribution in [1.82, 2.24) is 14.9 Å². The molecule has 188 valence electrons. The molecule has 2 aliphatic heterocycles. The van der Waals surface area contributed by atoms with Crippen molar-refractivity contribution < 1.29 is 34.4 Å². The molecule has 12 heteroatoms. The standard InChI is InChI=1S/C20H29N5O3.2CH2O2/c1-24-11-13(26)10-20(12-24)4-6-25(7-5-20)19-22-15-9-17(28-3)16(27-2)8-14(15)18(21)23-19;2*2-1-3/h8-9,13,26H,4-7,10-12H2,1-3H3,(H2,21,22,23);2*1H,(H,2,3). The molecule has 1 spiro atoms. The highest BCUT2D eigenvalue weighted by Gasteiger charge is 2.41. The molecule has 0 radical (unpaired) electrons. The molecule has 1 atom stereocenters. The number of aliphatic hydroxyl groups is 1. The molecule has 34 heavy (non-hydrogen) atoms. The number of carbonyl (C=O) groups is 2. The summed E-state index contributed by atoms with van der Waals surface area (Å²) in [6.45, 7) is 3.02. The van der Waals surface area contributed by atoms with Crippen LogP contribution < -0.4 is 20.1 Å². The molecule has 2 fully saturated rings. The minimum atomic E-state index is -0.250. The normalized spacial score (nSPS) is 19.3. The molecule has 0 saturated carbocycles. The first-order chi connectivity index (χ1) is 16.3. The van der Waals surface area contributed by atoms with E-state index in [0.29, 0.717) is 23.3 Å². The van der Waals surface area contributed by atoms with Gasteiger partial charge in [0.2, 0.25) is 5.95 Å². The number of hydrogen-bond acceptors (Lipinski definition) is 10. The van der Waals surface area contributed by atoms with Gasteiger partial charge in [-0.15, -0.1) is 0 Å². The summed E-state index contributed by atoms with van der Waals surface area (Å²) >= 11 is 0. The van der Waals surface area contributed by atoms with Gasteiger partial charge in [-0.3, -0.25) is 9.59 Å². The van der Waals surface area contributed by atoms with Crippen LogP contribution in [0.2, 0.25) is 0 Å². The first-order valence-corrected chi connectivity index (χ1v) is 10.7. The van der Waals surface area contributed by atoms with Gasteiger partial charge in [-0.1, -0.05) is 0 Å². The van der Waals surface area contributed by atoms with Gasteiger partial charge in [-0.05, 0) is 37.8 Å². The lowest BCUT2D eigenvalue weighted by Crippen LogP contribution is -2.52. The van der Waals surface area contributed by atoms with Gasteiger partial charge >= 0.3 is 0 Å². The molecule has 1 unspecified atom stereocenters. The number of nitrogen functional groups attached to an aromatic ring is 1. The first-order valence-electron chi connectivity index (χ1n) is 10.7. The second kappa shape index (κ2) is 12.2. The smallest absolute Gasteiger partial charge is 0.290 e. The number of β-amino-alcohol motifs (C(OH)–C–C–N with tert-alkyl or cyclic N) is 1. The Labute approximate surface area is 197 Å². The van der Waals surface area contributed by atoms with Crippen LogP contribution in [0, 0.1) is 5.41 Å². The Hall–Kier alpha value is -3.38. The van der Waals surface area contributed by atoms with Crippen LogP contribution in [-0.2, 0) is 9.59 Å². The lowest BCUT2D eigenvalue weighted by molar-refractivity contribution is -0.123. The number of benzene rings is 1. The van der Waals surface area contributed by atoms with Crippen LogP contribution in [0.3, 0.4) is 0 Å². The number of rotatable bonds is 3. The SMILES string of the molecule is COc1cc2nc(N3CCC4(CC3)CC(O)CN(C)C4)nc(N)c2cc1OC.O=CO.O=CO. The maximum Gasteiger partial charge on any atom is 0.290 e. The predicted octanol–water partition coefficient (Wildman–Crippen LogP) is 0.914. The van der Waals surface area contributed by atoms with Crippen LogP contribution in [0.15, 0.2) is 12.1 Å². The molecule has 5 N–H and O–H groups in total. The number of ether oxygens (including phenoxy) is 2. The molecule has 4 rings (SSSR count). The summed E-state index contributed by atoms with van der Waals surface area (Å²) in [4.78, 5) is 30.5. The summed E-state index contributed by atoms with van der Waals surface area (Å²) < 4.78 is 10.8. The van der Waals surface area contributed by atoms with Gasteiger partial charge in [0.25, 0.3) is 12.9 Å². The zero-order valence-corrected chi connectivity index (χ0v) is 19.7. The number of hydrogen-bond donors (Lipinski definition) is 4. The summed E-state index contributed by atoms with van der Waals surface area (Å²) in [5.41, 5.74) is 7.16. The second-order valence-corrected chi connectivity index (χ2v) is 8.39. The minimum Gasteiger partial charge on any atom is -0.493 e. The lowest BCUT2D eigenvalue weighted by atomic mass is 9.72. The van der Waals surface area contributed by atoms with Crippen molar-refractivity contribution in [3.63, 3.8) is 0 Å². The zero-order chi connectivity index (χ0) is 25.3. The third-order valence-corrected chi connectivity index (χ3v) is 6.12. The maximum absolute atomic E-state index is 10.2. The van der Waals surface area contributed by atoms with E-state index in [2.05, 4.69) is 21.8 Å². The van der Waals surface area contributed by atoms with E-state index >= 15 is 0 Å². The Balaban J connectivity index is 0.000000618. The van der Waals surface area contributed by atoms with E-state index in [9.17, 15) is 5.11 Å². The Kier molecular flexibility index (Phi) is 9.63. The molecule has 0 bridgehead atoms. The van der Waals surface area contributed by atoms with Gasteiger partial charge in [0.1, 0.15) is 5.82 Å². The van der Waals surface area contributed by atoms with Gasteiger partial charge in [0, 0.05) is 37.6 Å². The van der Waals surface area contributed by atoms with Crippen LogP contribution >= 0.6 is 0 Å². The number of aliphatic hydroxyl groups excluding tert-OH is 1. The molecular formula is C22H33N5O7. The monoisotopic (exact) mass is 479 g/mol. The van der Waals surface area contributed by atoms with Gasteiger partial charge < -0.3 is 40.3 Å². The topological polar surface area (TPSA) is 172 Å². The van der Waals surface area contributed by atoms with Gasteiger partial charge in [-0.2, -0.15) is 4.98 Å². The average Bonchev–Trinajstić information content (AvgIpc) is 2.79. The largest absolute Gasteiger partial charge is 0.493 e. The summed E-state index contributed by atoms with van der Waals surface area (Å²) in [7, 11) is 5.29. The van der Waals surface area contributed by atoms with Gasteiger partial charge in [-0.25, -0.2) is 4.98 Å². The van der Waals surface area contributed by atoms with E-state index in [1.165, 1.54) is 0 Å². The summed E-state index contributed by atoms with van der Waals surface area (Å²) in [6.07, 6.45) is 2.67. The Morgan fingerprint density at radius 1 is 1.09 bits per heavy atom. The van der Waals surface area contributed by atoms with Crippen molar-refractivity contribution in [3.8, 4) is 11.5 Å². The number of piperidine rings is 2. The van der Waals surface area contributed by atoms with Crippen molar-refractivity contribution in [1.29, 1.82) is 0 Å². The molecule has 1 aromatic carbocycles. The summed E-state index contributed by atoms with van der Waals surface area (Å²) in [5.74, 6) is 2.32. The number of nitrogens with zero attached hydrogens (tertiary/aromatic N) is 4. The molecule has 2 saturated heterocycles. The van der Waals surface area contributed by atoms with Crippen molar-refractivity contribution in [2.75, 3.05) is 58.1 Å². The van der Waals surface area contributed by atoms with E-state index in [4.69, 9.17) is 40.0 Å². The van der Waals surface area contributed by atoms with Crippen molar-refractivity contribution in [3.05, 3.63) is 12.1 Å². The van der Waals surface area contributed by atoms with E-state index in [-0.39, 0.29) is 24.5 Å². The van der Waals surface area contributed by atoms with Crippen LogP contribution in [-0.4, -0.2) is 96.7 Å². The van der Waals surface area contributed by atoms with Crippen LogP contribution in [0.5, 0.6) is 11.5 Å². The third kappa shape index (κ3) is 6.35. The molecular weight excluding hydrogens is 446 g/mol. The van der Waals surface area contributed by atoms with Crippen molar-refractivity contribution in [2.24, 2.45) is 5.41 Å². The van der Waals surface area contributed by atoms with Gasteiger partial charge in [0.15, 0.2) is 11.5 Å². The number of aromatic nitrogens is 2. The van der Waals surface area contributed by atoms with E-state index in [0.717, 1.165) is 56.3 Å². The molecule has 0 amide bonds. The molecule has 2 aliphatic rings. The molecule has 12 nitrogen and oxygen atoms in total. The number of anilines is 2. The fourth-order valence-corrected chi connectivity index (χ4v) is 4.78. The lowest BCUT2D eigenvalue weighted by Gasteiger charge is -2.48.